The van der Waals surface area contributed by atoms with E-state index in [-0.39, 0.29) is 18.2 Å². The number of aryl methyl sites for hydroxylation is 1. The fraction of sp³-hybridized carbons (Fsp3) is 0.529. The Bertz CT molecular complexity index is 466. The van der Waals surface area contributed by atoms with Crippen LogP contribution in [0.1, 0.15) is 45.6 Å². The second-order valence-corrected chi connectivity index (χ2v) is 5.12. The number of nitrogens with one attached hydrogen (secondary N) is 1. The van der Waals surface area contributed by atoms with Crippen LogP contribution in [0.25, 0.3) is 0 Å². The largest absolute Gasteiger partial charge is 0.342 e. The minimum Gasteiger partial charge on any atom is -0.342 e. The van der Waals surface area contributed by atoms with Crippen LogP contribution in [0.5, 0.6) is 0 Å². The van der Waals surface area contributed by atoms with Crippen molar-refractivity contribution >= 4 is 17.5 Å². The van der Waals surface area contributed by atoms with Crippen molar-refractivity contribution in [3.8, 4) is 0 Å². The van der Waals surface area contributed by atoms with E-state index in [9.17, 15) is 9.59 Å². The van der Waals surface area contributed by atoms with Gasteiger partial charge in [0.25, 0.3) is 0 Å². The van der Waals surface area contributed by atoms with Gasteiger partial charge in [-0.05, 0) is 30.9 Å². The van der Waals surface area contributed by atoms with Crippen molar-refractivity contribution in [2.24, 2.45) is 0 Å². The standard InChI is InChI=1S/C17H26N2O2/c1-4-11-19(12-5-2)17(21)13-16(20)18-15-10-8-7-9-14(15)6-3/h7-10H,4-6,11-13H2,1-3H3,(H,18,20). The summed E-state index contributed by atoms with van der Waals surface area (Å²) in [7, 11) is 0. The third kappa shape index (κ3) is 5.58. The summed E-state index contributed by atoms with van der Waals surface area (Å²) in [6.07, 6.45) is 2.58. The Labute approximate surface area is 127 Å². The van der Waals surface area contributed by atoms with Gasteiger partial charge in [-0.3, -0.25) is 9.59 Å². The number of rotatable bonds is 8. The molecule has 116 valence electrons. The van der Waals surface area contributed by atoms with Gasteiger partial charge in [0, 0.05) is 18.8 Å². The summed E-state index contributed by atoms with van der Waals surface area (Å²) in [5.74, 6) is -0.330. The third-order valence-corrected chi connectivity index (χ3v) is 3.32. The average molecular weight is 290 g/mol. The molecule has 0 fully saturated rings. The molecule has 0 heterocycles. The average Bonchev–Trinajstić information content (AvgIpc) is 2.47. The van der Waals surface area contributed by atoms with Gasteiger partial charge in [-0.2, -0.15) is 0 Å². The molecule has 0 radical (unpaired) electrons. The van der Waals surface area contributed by atoms with Crippen molar-refractivity contribution in [3.05, 3.63) is 29.8 Å². The zero-order chi connectivity index (χ0) is 15.7. The number of nitrogens with zero attached hydrogens (tertiary/aromatic N) is 1. The third-order valence-electron chi connectivity index (χ3n) is 3.32. The molecule has 1 aromatic rings. The molecule has 0 aliphatic rings. The van der Waals surface area contributed by atoms with Crippen molar-refractivity contribution in [1.29, 1.82) is 0 Å². The Balaban J connectivity index is 2.61. The molecule has 4 heteroatoms. The maximum Gasteiger partial charge on any atom is 0.233 e. The quantitative estimate of drug-likeness (QED) is 0.747. The van der Waals surface area contributed by atoms with Crippen molar-refractivity contribution in [2.45, 2.75) is 46.5 Å². The van der Waals surface area contributed by atoms with E-state index in [0.29, 0.717) is 13.1 Å². The molecule has 0 aliphatic heterocycles. The van der Waals surface area contributed by atoms with Gasteiger partial charge in [0.15, 0.2) is 0 Å². The van der Waals surface area contributed by atoms with E-state index >= 15 is 0 Å². The van der Waals surface area contributed by atoms with Crippen LogP contribution in [-0.4, -0.2) is 29.8 Å². The van der Waals surface area contributed by atoms with Crippen LogP contribution < -0.4 is 5.32 Å². The Kier molecular flexibility index (Phi) is 7.51. The fourth-order valence-electron chi connectivity index (χ4n) is 2.30. The van der Waals surface area contributed by atoms with Crippen LogP contribution in [0.2, 0.25) is 0 Å². The Morgan fingerprint density at radius 3 is 2.24 bits per heavy atom. The molecule has 0 saturated heterocycles. The Hall–Kier alpha value is -1.84. The molecule has 0 aromatic heterocycles. The van der Waals surface area contributed by atoms with Gasteiger partial charge in [0.1, 0.15) is 6.42 Å². The maximum absolute atomic E-state index is 12.1. The van der Waals surface area contributed by atoms with E-state index in [2.05, 4.69) is 5.32 Å². The van der Waals surface area contributed by atoms with Crippen molar-refractivity contribution in [1.82, 2.24) is 4.90 Å². The lowest BCUT2D eigenvalue weighted by Gasteiger charge is -2.21. The van der Waals surface area contributed by atoms with Crippen LogP contribution in [-0.2, 0) is 16.0 Å². The van der Waals surface area contributed by atoms with Crippen molar-refractivity contribution < 1.29 is 9.59 Å². The number of amides is 2. The molecule has 1 aromatic carbocycles. The molecule has 0 unspecified atom stereocenters. The number of benzene rings is 1. The molecule has 0 spiro atoms. The number of hydrogen-bond acceptors (Lipinski definition) is 2. The minimum atomic E-state index is -0.238. The first kappa shape index (κ1) is 17.2. The van der Waals surface area contributed by atoms with Crippen molar-refractivity contribution in [2.75, 3.05) is 18.4 Å². The molecule has 0 atom stereocenters. The molecule has 21 heavy (non-hydrogen) atoms. The second kappa shape index (κ2) is 9.16. The second-order valence-electron chi connectivity index (χ2n) is 5.12. The van der Waals surface area contributed by atoms with Crippen molar-refractivity contribution in [3.63, 3.8) is 0 Å². The number of carbonyl (C=O) groups excluding carboxylic acids is 2. The molecule has 2 amide bonds. The summed E-state index contributed by atoms with van der Waals surface area (Å²) >= 11 is 0. The summed E-state index contributed by atoms with van der Waals surface area (Å²) in [5, 5.41) is 2.85. The highest BCUT2D eigenvalue weighted by molar-refractivity contribution is 6.03. The van der Waals surface area contributed by atoms with Crippen LogP contribution in [0, 0.1) is 0 Å². The maximum atomic E-state index is 12.1. The monoisotopic (exact) mass is 290 g/mol. The zero-order valence-electron chi connectivity index (χ0n) is 13.3. The van der Waals surface area contributed by atoms with Gasteiger partial charge in [-0.25, -0.2) is 0 Å². The van der Waals surface area contributed by atoms with Crippen LogP contribution in [0.3, 0.4) is 0 Å². The minimum absolute atomic E-state index is 0.0853. The molecule has 1 rings (SSSR count). The number of carbonyl (C=O) groups is 2. The van der Waals surface area contributed by atoms with Gasteiger partial charge in [-0.1, -0.05) is 39.0 Å². The van der Waals surface area contributed by atoms with E-state index in [1.807, 2.05) is 45.0 Å². The van der Waals surface area contributed by atoms with Gasteiger partial charge in [0.2, 0.25) is 11.8 Å². The summed E-state index contributed by atoms with van der Waals surface area (Å²) in [6.45, 7) is 7.54. The van der Waals surface area contributed by atoms with Crippen LogP contribution in [0.15, 0.2) is 24.3 Å². The molecular formula is C17H26N2O2. The van der Waals surface area contributed by atoms with E-state index in [1.54, 1.807) is 4.90 Å². The SMILES string of the molecule is CCCN(CCC)C(=O)CC(=O)Nc1ccccc1CC. The highest BCUT2D eigenvalue weighted by atomic mass is 16.2. The topological polar surface area (TPSA) is 49.4 Å². The molecular weight excluding hydrogens is 264 g/mol. The lowest BCUT2D eigenvalue weighted by molar-refractivity contribution is -0.134. The molecule has 4 nitrogen and oxygen atoms in total. The molecule has 0 bridgehead atoms. The smallest absolute Gasteiger partial charge is 0.233 e. The number of para-hydroxylation sites is 1. The van der Waals surface area contributed by atoms with E-state index in [0.717, 1.165) is 30.5 Å². The van der Waals surface area contributed by atoms with Gasteiger partial charge in [0.05, 0.1) is 0 Å². The van der Waals surface area contributed by atoms with E-state index in [1.165, 1.54) is 0 Å². The molecule has 0 aliphatic carbocycles. The first-order valence-corrected chi connectivity index (χ1v) is 7.77. The fourth-order valence-corrected chi connectivity index (χ4v) is 2.30. The van der Waals surface area contributed by atoms with Crippen LogP contribution >= 0.6 is 0 Å². The van der Waals surface area contributed by atoms with E-state index < -0.39 is 0 Å². The first-order chi connectivity index (χ1) is 10.1. The number of hydrogen-bond donors (Lipinski definition) is 1. The first-order valence-electron chi connectivity index (χ1n) is 7.77. The summed E-state index contributed by atoms with van der Waals surface area (Å²) in [5.41, 5.74) is 1.88. The Morgan fingerprint density at radius 2 is 1.67 bits per heavy atom. The van der Waals surface area contributed by atoms with Gasteiger partial charge >= 0.3 is 0 Å². The highest BCUT2D eigenvalue weighted by Gasteiger charge is 2.16. The van der Waals surface area contributed by atoms with Gasteiger partial charge in [-0.15, -0.1) is 0 Å². The van der Waals surface area contributed by atoms with E-state index in [4.69, 9.17) is 0 Å². The summed E-state index contributed by atoms with van der Waals surface area (Å²) in [6, 6.07) is 7.69. The lowest BCUT2D eigenvalue weighted by atomic mass is 10.1. The summed E-state index contributed by atoms with van der Waals surface area (Å²) < 4.78 is 0. The summed E-state index contributed by atoms with van der Waals surface area (Å²) in [4.78, 5) is 26.0. The predicted molar refractivity (Wildman–Crippen MR) is 86.2 cm³/mol. The molecule has 0 saturated carbocycles. The highest BCUT2D eigenvalue weighted by Crippen LogP contribution is 2.15. The lowest BCUT2D eigenvalue weighted by Crippen LogP contribution is -2.35. The predicted octanol–water partition coefficient (Wildman–Crippen LogP) is 3.23. The zero-order valence-corrected chi connectivity index (χ0v) is 13.3. The van der Waals surface area contributed by atoms with Gasteiger partial charge < -0.3 is 10.2 Å². The molecule has 1 N–H and O–H groups in total. The normalized spacial score (nSPS) is 10.2. The number of anilines is 1. The Morgan fingerprint density at radius 1 is 1.05 bits per heavy atom. The van der Waals surface area contributed by atoms with Crippen LogP contribution in [0.4, 0.5) is 5.69 Å².